The quantitative estimate of drug-likeness (QED) is 0.355. The fraction of sp³-hybridized carbons (Fsp3) is 1.00. The lowest BCUT2D eigenvalue weighted by molar-refractivity contribution is 0.110. The summed E-state index contributed by atoms with van der Waals surface area (Å²) >= 11 is 0. The largest absolute Gasteiger partial charge is 0.418 e. The summed E-state index contributed by atoms with van der Waals surface area (Å²) in [5.41, 5.74) is 0. The minimum Gasteiger partial charge on any atom is -0.418 e. The molecule has 0 bridgehead atoms. The summed E-state index contributed by atoms with van der Waals surface area (Å²) in [4.78, 5) is 0. The van der Waals surface area contributed by atoms with Crippen molar-refractivity contribution in [1.29, 1.82) is 0 Å². The highest BCUT2D eigenvalue weighted by Crippen LogP contribution is 2.09. The Morgan fingerprint density at radius 3 is 2.43 bits per heavy atom. The van der Waals surface area contributed by atoms with Crippen molar-refractivity contribution in [2.24, 2.45) is 0 Å². The van der Waals surface area contributed by atoms with Crippen LogP contribution < -0.4 is 0 Å². The van der Waals surface area contributed by atoms with Crippen LogP contribution in [0.25, 0.3) is 0 Å². The fourth-order valence-electron chi connectivity index (χ4n) is 1.06. The van der Waals surface area contributed by atoms with Crippen molar-refractivity contribution >= 4 is 8.32 Å². The molecular weight excluding hydrogens is 196 g/mol. The van der Waals surface area contributed by atoms with Crippen LogP contribution in [-0.4, -0.2) is 40.8 Å². The summed E-state index contributed by atoms with van der Waals surface area (Å²) in [6.45, 7) is 10.0. The molecule has 1 heterocycles. The van der Waals surface area contributed by atoms with E-state index in [1.54, 1.807) is 0 Å². The Balaban J connectivity index is 1.75. The van der Waals surface area contributed by atoms with Gasteiger partial charge in [-0.15, -0.1) is 0 Å². The first-order valence-corrected chi connectivity index (χ1v) is 8.82. The van der Waals surface area contributed by atoms with Crippen LogP contribution >= 0.6 is 0 Å². The van der Waals surface area contributed by atoms with Gasteiger partial charge in [0, 0.05) is 13.2 Å². The van der Waals surface area contributed by atoms with Gasteiger partial charge in [0.2, 0.25) is 0 Å². The zero-order valence-electron chi connectivity index (χ0n) is 9.54. The van der Waals surface area contributed by atoms with Crippen LogP contribution in [0.3, 0.4) is 0 Å². The summed E-state index contributed by atoms with van der Waals surface area (Å²) in [6, 6.07) is 0. The second-order valence-electron chi connectivity index (χ2n) is 4.70. The van der Waals surface area contributed by atoms with E-state index in [4.69, 9.17) is 13.9 Å². The lowest BCUT2D eigenvalue weighted by atomic mass is 10.3. The maximum atomic E-state index is 5.73. The van der Waals surface area contributed by atoms with E-state index in [1.165, 1.54) is 0 Å². The normalized spacial score (nSPS) is 21.2. The molecule has 0 radical (unpaired) electrons. The molecule has 1 atom stereocenters. The molecule has 1 unspecified atom stereocenters. The molecule has 3 nitrogen and oxygen atoms in total. The standard InChI is InChI=1S/C10H22O3Si/c1-14(2,3)13-7-5-4-6-11-8-10-9-12-10/h10H,4-9H2,1-3H3. The highest BCUT2D eigenvalue weighted by Gasteiger charge is 2.21. The van der Waals surface area contributed by atoms with Crippen molar-refractivity contribution in [2.45, 2.75) is 38.6 Å². The number of hydrogen-bond acceptors (Lipinski definition) is 3. The van der Waals surface area contributed by atoms with E-state index in [0.29, 0.717) is 6.10 Å². The third kappa shape index (κ3) is 7.50. The summed E-state index contributed by atoms with van der Waals surface area (Å²) < 4.78 is 16.2. The molecule has 1 saturated heterocycles. The Hall–Kier alpha value is 0.0969. The zero-order valence-corrected chi connectivity index (χ0v) is 10.5. The molecule has 0 aromatic carbocycles. The molecule has 0 aromatic rings. The van der Waals surface area contributed by atoms with E-state index < -0.39 is 8.32 Å². The van der Waals surface area contributed by atoms with Crippen LogP contribution in [0.5, 0.6) is 0 Å². The summed E-state index contributed by atoms with van der Waals surface area (Å²) in [5.74, 6) is 0. The van der Waals surface area contributed by atoms with E-state index in [0.717, 1.165) is 39.3 Å². The van der Waals surface area contributed by atoms with Crippen molar-refractivity contribution in [3.05, 3.63) is 0 Å². The second kappa shape index (κ2) is 5.85. The van der Waals surface area contributed by atoms with E-state index in [2.05, 4.69) is 19.6 Å². The van der Waals surface area contributed by atoms with Crippen LogP contribution in [0.2, 0.25) is 19.6 Å². The van der Waals surface area contributed by atoms with Gasteiger partial charge in [-0.05, 0) is 32.5 Å². The maximum absolute atomic E-state index is 5.73. The number of epoxide rings is 1. The zero-order chi connectivity index (χ0) is 10.4. The number of hydrogen-bond donors (Lipinski definition) is 0. The molecule has 0 spiro atoms. The van der Waals surface area contributed by atoms with E-state index in [9.17, 15) is 0 Å². The highest BCUT2D eigenvalue weighted by atomic mass is 28.4. The van der Waals surface area contributed by atoms with Crippen LogP contribution in [0, 0.1) is 0 Å². The summed E-state index contributed by atoms with van der Waals surface area (Å²) in [6.07, 6.45) is 2.60. The lowest BCUT2D eigenvalue weighted by Gasteiger charge is -2.16. The molecule has 0 aromatic heterocycles. The molecule has 1 aliphatic heterocycles. The molecule has 0 amide bonds. The molecular formula is C10H22O3Si. The van der Waals surface area contributed by atoms with Gasteiger partial charge in [-0.2, -0.15) is 0 Å². The van der Waals surface area contributed by atoms with Crippen molar-refractivity contribution in [3.8, 4) is 0 Å². The number of unbranched alkanes of at least 4 members (excludes halogenated alkanes) is 1. The van der Waals surface area contributed by atoms with Gasteiger partial charge in [0.15, 0.2) is 8.32 Å². The van der Waals surface area contributed by atoms with Gasteiger partial charge in [-0.3, -0.25) is 0 Å². The minimum absolute atomic E-state index is 0.397. The van der Waals surface area contributed by atoms with Crippen LogP contribution in [0.15, 0.2) is 0 Å². The van der Waals surface area contributed by atoms with Crippen molar-refractivity contribution in [3.63, 3.8) is 0 Å². The van der Waals surface area contributed by atoms with Crippen molar-refractivity contribution in [1.82, 2.24) is 0 Å². The average Bonchev–Trinajstić information content (AvgIpc) is 2.84. The van der Waals surface area contributed by atoms with Crippen molar-refractivity contribution < 1.29 is 13.9 Å². The maximum Gasteiger partial charge on any atom is 0.183 e. The second-order valence-corrected chi connectivity index (χ2v) is 9.21. The predicted molar refractivity (Wildman–Crippen MR) is 59.1 cm³/mol. The highest BCUT2D eigenvalue weighted by molar-refractivity contribution is 6.69. The Bertz CT molecular complexity index is 152. The summed E-state index contributed by atoms with van der Waals surface area (Å²) in [7, 11) is -1.29. The lowest BCUT2D eigenvalue weighted by Crippen LogP contribution is -2.25. The van der Waals surface area contributed by atoms with Gasteiger partial charge < -0.3 is 13.9 Å². The molecule has 84 valence electrons. The first-order chi connectivity index (χ1) is 6.58. The molecule has 1 fully saturated rings. The molecule has 0 saturated carbocycles. The average molecular weight is 218 g/mol. The van der Waals surface area contributed by atoms with Crippen LogP contribution in [0.1, 0.15) is 12.8 Å². The first-order valence-electron chi connectivity index (χ1n) is 5.41. The Morgan fingerprint density at radius 1 is 1.21 bits per heavy atom. The minimum atomic E-state index is -1.29. The Kier molecular flexibility index (Phi) is 5.09. The predicted octanol–water partition coefficient (Wildman–Crippen LogP) is 2.03. The van der Waals surface area contributed by atoms with E-state index in [1.807, 2.05) is 0 Å². The molecule has 1 rings (SSSR count). The Labute approximate surface area is 87.9 Å². The molecule has 1 aliphatic rings. The SMILES string of the molecule is C[Si](C)(C)OCCCCOCC1CO1. The summed E-state index contributed by atoms with van der Waals surface area (Å²) in [5, 5.41) is 0. The van der Waals surface area contributed by atoms with E-state index in [-0.39, 0.29) is 0 Å². The van der Waals surface area contributed by atoms with Gasteiger partial charge in [-0.1, -0.05) is 0 Å². The number of rotatable bonds is 8. The third-order valence-electron chi connectivity index (χ3n) is 1.92. The monoisotopic (exact) mass is 218 g/mol. The van der Waals surface area contributed by atoms with Crippen molar-refractivity contribution in [2.75, 3.05) is 26.4 Å². The molecule has 0 N–H and O–H groups in total. The number of ether oxygens (including phenoxy) is 2. The third-order valence-corrected chi connectivity index (χ3v) is 2.99. The molecule has 14 heavy (non-hydrogen) atoms. The Morgan fingerprint density at radius 2 is 1.86 bits per heavy atom. The van der Waals surface area contributed by atoms with Gasteiger partial charge in [-0.25, -0.2) is 0 Å². The van der Waals surface area contributed by atoms with Crippen LogP contribution in [0.4, 0.5) is 0 Å². The first kappa shape index (κ1) is 12.2. The van der Waals surface area contributed by atoms with E-state index >= 15 is 0 Å². The van der Waals surface area contributed by atoms with Gasteiger partial charge in [0.05, 0.1) is 13.2 Å². The molecule has 4 heteroatoms. The van der Waals surface area contributed by atoms with Gasteiger partial charge >= 0.3 is 0 Å². The van der Waals surface area contributed by atoms with Gasteiger partial charge in [0.1, 0.15) is 6.10 Å². The van der Waals surface area contributed by atoms with Crippen LogP contribution in [-0.2, 0) is 13.9 Å². The van der Waals surface area contributed by atoms with Gasteiger partial charge in [0.25, 0.3) is 0 Å². The fourth-order valence-corrected chi connectivity index (χ4v) is 1.82. The smallest absolute Gasteiger partial charge is 0.183 e. The topological polar surface area (TPSA) is 31.0 Å². The molecule has 0 aliphatic carbocycles.